The molecule has 0 aromatic rings. The van der Waals surface area contributed by atoms with E-state index in [1.54, 1.807) is 0 Å². The van der Waals surface area contributed by atoms with Crippen molar-refractivity contribution in [3.63, 3.8) is 0 Å². The van der Waals surface area contributed by atoms with Gasteiger partial charge in [-0.2, -0.15) is 0 Å². The summed E-state index contributed by atoms with van der Waals surface area (Å²) >= 11 is 0. The van der Waals surface area contributed by atoms with Crippen molar-refractivity contribution in [3.05, 3.63) is 0 Å². The van der Waals surface area contributed by atoms with Crippen LogP contribution in [-0.2, 0) is 9.53 Å². The van der Waals surface area contributed by atoms with E-state index in [4.69, 9.17) is 4.74 Å². The lowest BCUT2D eigenvalue weighted by Gasteiger charge is -2.24. The molecule has 4 heteroatoms. The van der Waals surface area contributed by atoms with Crippen LogP contribution in [0.2, 0.25) is 0 Å². The van der Waals surface area contributed by atoms with E-state index in [2.05, 4.69) is 17.6 Å². The normalized spacial score (nSPS) is 28.5. The molecule has 1 amide bonds. The first-order chi connectivity index (χ1) is 7.25. The molecule has 0 bridgehead atoms. The fraction of sp³-hybridized carbons (Fsp3) is 0.909. The summed E-state index contributed by atoms with van der Waals surface area (Å²) in [6.45, 7) is 4.20. The Morgan fingerprint density at radius 3 is 3.00 bits per heavy atom. The second kappa shape index (κ2) is 4.94. The van der Waals surface area contributed by atoms with Gasteiger partial charge in [-0.05, 0) is 19.3 Å². The molecule has 1 aliphatic heterocycles. The van der Waals surface area contributed by atoms with Crippen LogP contribution >= 0.6 is 0 Å². The quantitative estimate of drug-likeness (QED) is 0.704. The van der Waals surface area contributed by atoms with Crippen molar-refractivity contribution in [2.24, 2.45) is 5.92 Å². The van der Waals surface area contributed by atoms with E-state index in [1.807, 2.05) is 0 Å². The molecule has 1 saturated heterocycles. The van der Waals surface area contributed by atoms with Gasteiger partial charge < -0.3 is 15.4 Å². The lowest BCUT2D eigenvalue weighted by molar-refractivity contribution is -0.134. The molecule has 2 aliphatic rings. The summed E-state index contributed by atoms with van der Waals surface area (Å²) in [5.74, 6) is 0.890. The Morgan fingerprint density at radius 2 is 2.40 bits per heavy atom. The molecule has 2 N–H and O–H groups in total. The number of morpholine rings is 1. The van der Waals surface area contributed by atoms with Gasteiger partial charge in [-0.15, -0.1) is 0 Å². The topological polar surface area (TPSA) is 50.4 Å². The largest absolute Gasteiger partial charge is 0.366 e. The van der Waals surface area contributed by atoms with Crippen molar-refractivity contribution in [2.45, 2.75) is 38.3 Å². The van der Waals surface area contributed by atoms with Crippen molar-refractivity contribution < 1.29 is 9.53 Å². The van der Waals surface area contributed by atoms with Gasteiger partial charge in [0.25, 0.3) is 5.91 Å². The molecule has 0 spiro atoms. The zero-order valence-electron chi connectivity index (χ0n) is 9.29. The molecule has 2 rings (SSSR count). The molecular weight excluding hydrogens is 192 g/mol. The minimum atomic E-state index is -0.291. The van der Waals surface area contributed by atoms with Crippen molar-refractivity contribution >= 4 is 5.91 Å². The maximum absolute atomic E-state index is 11.7. The zero-order chi connectivity index (χ0) is 10.7. The molecule has 1 heterocycles. The maximum atomic E-state index is 11.7. The highest BCUT2D eigenvalue weighted by Crippen LogP contribution is 2.33. The summed E-state index contributed by atoms with van der Waals surface area (Å²) in [4.78, 5) is 11.7. The lowest BCUT2D eigenvalue weighted by atomic mass is 10.1. The molecular formula is C11H20N2O2. The Morgan fingerprint density at radius 1 is 1.60 bits per heavy atom. The third-order valence-electron chi connectivity index (χ3n) is 2.99. The van der Waals surface area contributed by atoms with E-state index in [-0.39, 0.29) is 18.1 Å². The number of hydrogen-bond acceptors (Lipinski definition) is 3. The van der Waals surface area contributed by atoms with E-state index in [0.717, 1.165) is 18.9 Å². The summed E-state index contributed by atoms with van der Waals surface area (Å²) in [6, 6.07) is 0.288. The van der Waals surface area contributed by atoms with Gasteiger partial charge in [-0.25, -0.2) is 0 Å². The number of carbonyl (C=O) groups is 1. The molecule has 1 aliphatic carbocycles. The molecule has 0 aromatic carbocycles. The van der Waals surface area contributed by atoms with E-state index in [1.165, 1.54) is 12.8 Å². The molecule has 86 valence electrons. The first-order valence-corrected chi connectivity index (χ1v) is 5.88. The summed E-state index contributed by atoms with van der Waals surface area (Å²) in [7, 11) is 0. The molecule has 1 saturated carbocycles. The highest BCUT2D eigenvalue weighted by atomic mass is 16.5. The average Bonchev–Trinajstić information content (AvgIpc) is 3.03. The van der Waals surface area contributed by atoms with Gasteiger partial charge in [0.05, 0.1) is 6.61 Å². The lowest BCUT2D eigenvalue weighted by Crippen LogP contribution is -2.49. The highest BCUT2D eigenvalue weighted by molar-refractivity contribution is 5.81. The molecule has 2 fully saturated rings. The fourth-order valence-electron chi connectivity index (χ4n) is 1.98. The molecule has 15 heavy (non-hydrogen) atoms. The van der Waals surface area contributed by atoms with Crippen molar-refractivity contribution in [2.75, 3.05) is 19.7 Å². The van der Waals surface area contributed by atoms with Crippen molar-refractivity contribution in [3.8, 4) is 0 Å². The van der Waals surface area contributed by atoms with Gasteiger partial charge >= 0.3 is 0 Å². The van der Waals surface area contributed by atoms with Gasteiger partial charge in [0.1, 0.15) is 6.10 Å². The second-order valence-electron chi connectivity index (χ2n) is 4.65. The Balaban J connectivity index is 1.69. The Labute approximate surface area is 90.8 Å². The van der Waals surface area contributed by atoms with Crippen LogP contribution in [-0.4, -0.2) is 37.7 Å². The van der Waals surface area contributed by atoms with Crippen LogP contribution in [0.5, 0.6) is 0 Å². The van der Waals surface area contributed by atoms with Crippen LogP contribution in [0, 0.1) is 5.92 Å². The van der Waals surface area contributed by atoms with E-state index < -0.39 is 0 Å². The summed E-state index contributed by atoms with van der Waals surface area (Å²) in [6.07, 6.45) is 3.50. The predicted molar refractivity (Wildman–Crippen MR) is 57.6 cm³/mol. The number of nitrogens with one attached hydrogen (secondary N) is 2. The average molecular weight is 212 g/mol. The minimum Gasteiger partial charge on any atom is -0.366 e. The maximum Gasteiger partial charge on any atom is 0.250 e. The molecule has 2 atom stereocenters. The number of ether oxygens (including phenoxy) is 1. The van der Waals surface area contributed by atoms with Crippen molar-refractivity contribution in [1.29, 1.82) is 0 Å². The molecule has 0 radical (unpaired) electrons. The highest BCUT2D eigenvalue weighted by Gasteiger charge is 2.27. The number of rotatable bonds is 4. The Hall–Kier alpha value is -0.610. The van der Waals surface area contributed by atoms with Crippen molar-refractivity contribution in [1.82, 2.24) is 10.6 Å². The number of amides is 1. The predicted octanol–water partition coefficient (Wildman–Crippen LogP) is 0.280. The number of hydrogen-bond donors (Lipinski definition) is 2. The van der Waals surface area contributed by atoms with E-state index >= 15 is 0 Å². The fourth-order valence-corrected chi connectivity index (χ4v) is 1.98. The van der Waals surface area contributed by atoms with Gasteiger partial charge in [0, 0.05) is 19.1 Å². The van der Waals surface area contributed by atoms with Crippen LogP contribution in [0.15, 0.2) is 0 Å². The van der Waals surface area contributed by atoms with Crippen LogP contribution in [0.1, 0.15) is 26.2 Å². The van der Waals surface area contributed by atoms with Gasteiger partial charge in [-0.1, -0.05) is 12.8 Å². The monoisotopic (exact) mass is 212 g/mol. The zero-order valence-corrected chi connectivity index (χ0v) is 9.29. The van der Waals surface area contributed by atoms with E-state index in [0.29, 0.717) is 13.2 Å². The molecule has 0 aromatic heterocycles. The summed E-state index contributed by atoms with van der Waals surface area (Å²) in [5.41, 5.74) is 0. The third kappa shape index (κ3) is 3.47. The van der Waals surface area contributed by atoms with Crippen LogP contribution in [0.3, 0.4) is 0 Å². The molecule has 2 unspecified atom stereocenters. The first-order valence-electron chi connectivity index (χ1n) is 5.88. The van der Waals surface area contributed by atoms with E-state index in [9.17, 15) is 4.79 Å². The summed E-state index contributed by atoms with van der Waals surface area (Å²) in [5, 5.41) is 6.17. The summed E-state index contributed by atoms with van der Waals surface area (Å²) < 4.78 is 5.39. The van der Waals surface area contributed by atoms with Crippen LogP contribution in [0.4, 0.5) is 0 Å². The standard InChI is InChI=1S/C11H20N2O2/c1-8(6-9-2-3-9)13-11(14)10-7-12-4-5-15-10/h8-10,12H,2-7H2,1H3,(H,13,14). The van der Waals surface area contributed by atoms with Gasteiger partial charge in [-0.3, -0.25) is 4.79 Å². The smallest absolute Gasteiger partial charge is 0.250 e. The van der Waals surface area contributed by atoms with Gasteiger partial charge in [0.2, 0.25) is 0 Å². The Bertz CT molecular complexity index is 223. The third-order valence-corrected chi connectivity index (χ3v) is 2.99. The van der Waals surface area contributed by atoms with Crippen LogP contribution < -0.4 is 10.6 Å². The Kier molecular flexibility index (Phi) is 3.59. The minimum absolute atomic E-state index is 0.0374. The van der Waals surface area contributed by atoms with Gasteiger partial charge in [0.15, 0.2) is 0 Å². The number of carbonyl (C=O) groups excluding carboxylic acids is 1. The second-order valence-corrected chi connectivity index (χ2v) is 4.65. The first kappa shape index (κ1) is 10.9. The molecule has 4 nitrogen and oxygen atoms in total. The van der Waals surface area contributed by atoms with Crippen LogP contribution in [0.25, 0.3) is 0 Å². The SMILES string of the molecule is CC(CC1CC1)NC(=O)C1CNCCO1.